The molecule has 168 valence electrons. The molecule has 0 aromatic heterocycles. The third kappa shape index (κ3) is 3.63. The number of carbonyl (C=O) groups is 1. The van der Waals surface area contributed by atoms with Gasteiger partial charge in [-0.3, -0.25) is 9.69 Å². The van der Waals surface area contributed by atoms with E-state index in [1.165, 1.54) is 0 Å². The van der Waals surface area contributed by atoms with Crippen LogP contribution in [0.3, 0.4) is 0 Å². The molecule has 0 radical (unpaired) electrons. The van der Waals surface area contributed by atoms with Gasteiger partial charge in [0.05, 0.1) is 6.04 Å². The Morgan fingerprint density at radius 2 is 1.85 bits per heavy atom. The van der Waals surface area contributed by atoms with Crippen molar-refractivity contribution in [3.05, 3.63) is 88.4 Å². The Labute approximate surface area is 203 Å². The molecule has 1 saturated heterocycles. The molecule has 2 N–H and O–H groups in total. The molecule has 0 saturated carbocycles. The molecule has 1 fully saturated rings. The fraction of sp³-hybridized carbons (Fsp3) is 0.231. The zero-order valence-electron chi connectivity index (χ0n) is 18.6. The summed E-state index contributed by atoms with van der Waals surface area (Å²) in [6.45, 7) is 6.03. The summed E-state index contributed by atoms with van der Waals surface area (Å²) >= 11 is 11.8. The number of halogens is 1. The zero-order valence-corrected chi connectivity index (χ0v) is 20.1. The van der Waals surface area contributed by atoms with Gasteiger partial charge in [0.1, 0.15) is 11.7 Å². The van der Waals surface area contributed by atoms with Gasteiger partial charge in [-0.1, -0.05) is 47.5 Å². The minimum Gasteiger partial charge on any atom is -0.467 e. The van der Waals surface area contributed by atoms with Gasteiger partial charge in [0, 0.05) is 22.0 Å². The second-order valence-corrected chi connectivity index (χ2v) is 9.54. The summed E-state index contributed by atoms with van der Waals surface area (Å²) in [7, 11) is 0. The first-order valence-electron chi connectivity index (χ1n) is 10.8. The normalized spacial score (nSPS) is 23.3. The number of para-hydroxylation sites is 1. The van der Waals surface area contributed by atoms with E-state index in [1.54, 1.807) is 24.3 Å². The van der Waals surface area contributed by atoms with Gasteiger partial charge in [0.15, 0.2) is 10.8 Å². The molecule has 2 aliphatic rings. The summed E-state index contributed by atoms with van der Waals surface area (Å²) in [4.78, 5) is 15.7. The molecule has 5 nitrogen and oxygen atoms in total. The minimum atomic E-state index is -1.04. The highest BCUT2D eigenvalue weighted by Gasteiger charge is 2.59. The van der Waals surface area contributed by atoms with Crippen LogP contribution in [0.1, 0.15) is 29.7 Å². The Balaban J connectivity index is 1.63. The van der Waals surface area contributed by atoms with Crippen LogP contribution in [-0.2, 0) is 4.79 Å². The number of carbonyl (C=O) groups excluding carboxylic acids is 1. The first-order chi connectivity index (χ1) is 15.8. The van der Waals surface area contributed by atoms with E-state index >= 15 is 0 Å². The van der Waals surface area contributed by atoms with Gasteiger partial charge in [0.25, 0.3) is 0 Å². The lowest BCUT2D eigenvalue weighted by molar-refractivity contribution is -0.130. The summed E-state index contributed by atoms with van der Waals surface area (Å²) in [5, 5.41) is 7.63. The Hall–Kier alpha value is -3.09. The quantitative estimate of drug-likeness (QED) is 0.470. The van der Waals surface area contributed by atoms with E-state index in [2.05, 4.69) is 23.6 Å². The molecule has 0 aliphatic carbocycles. The second kappa shape index (κ2) is 8.04. The van der Waals surface area contributed by atoms with E-state index in [9.17, 15) is 4.79 Å². The van der Waals surface area contributed by atoms with Crippen molar-refractivity contribution in [1.82, 2.24) is 5.32 Å². The standard InChI is InChI=1S/C26H24ClN3O2S/c1-15-8-13-20(16(2)14-15)30-25(33)29-23-19-6-4-5-7-21(19)32-26(30,3)22(23)24(31)28-18-11-9-17(27)10-12-18/h4-14,22-23H,1-3H3,(H,28,31)(H,29,33)/t22-,23+,26+/m1/s1. The van der Waals surface area contributed by atoms with Crippen LogP contribution in [0, 0.1) is 19.8 Å². The number of amides is 1. The smallest absolute Gasteiger partial charge is 0.236 e. The molecule has 33 heavy (non-hydrogen) atoms. The van der Waals surface area contributed by atoms with Crippen LogP contribution in [0.25, 0.3) is 0 Å². The fourth-order valence-corrected chi connectivity index (χ4v) is 5.44. The average Bonchev–Trinajstić information content (AvgIpc) is 2.76. The second-order valence-electron chi connectivity index (χ2n) is 8.72. The zero-order chi connectivity index (χ0) is 23.3. The Kier molecular flexibility index (Phi) is 5.30. The number of rotatable bonds is 3. The van der Waals surface area contributed by atoms with Crippen molar-refractivity contribution < 1.29 is 9.53 Å². The van der Waals surface area contributed by atoms with E-state index in [0.29, 0.717) is 15.8 Å². The van der Waals surface area contributed by atoms with E-state index in [0.717, 1.165) is 28.1 Å². The molecule has 7 heteroatoms. The number of ether oxygens (including phenoxy) is 1. The fourth-order valence-electron chi connectivity index (χ4n) is 4.90. The largest absolute Gasteiger partial charge is 0.467 e. The highest BCUT2D eigenvalue weighted by atomic mass is 35.5. The SMILES string of the molecule is Cc1ccc(N2C(=S)N[C@H]3c4ccccc4O[C@@]2(C)[C@H]3C(=O)Nc2ccc(Cl)cc2)c(C)c1. The third-order valence-corrected chi connectivity index (χ3v) is 6.95. The number of nitrogens with zero attached hydrogens (tertiary/aromatic N) is 1. The Morgan fingerprint density at radius 1 is 1.12 bits per heavy atom. The van der Waals surface area contributed by atoms with Crippen LogP contribution >= 0.6 is 23.8 Å². The van der Waals surface area contributed by atoms with Crippen LogP contribution in [-0.4, -0.2) is 16.7 Å². The lowest BCUT2D eigenvalue weighted by atomic mass is 9.78. The molecular weight excluding hydrogens is 454 g/mol. The Morgan fingerprint density at radius 3 is 2.58 bits per heavy atom. The molecule has 2 aliphatic heterocycles. The number of benzene rings is 3. The van der Waals surface area contributed by atoms with Crippen molar-refractivity contribution in [3.63, 3.8) is 0 Å². The van der Waals surface area contributed by atoms with Crippen molar-refractivity contribution in [2.45, 2.75) is 32.5 Å². The van der Waals surface area contributed by atoms with E-state index in [4.69, 9.17) is 28.6 Å². The van der Waals surface area contributed by atoms with Crippen LogP contribution in [0.4, 0.5) is 11.4 Å². The molecule has 2 bridgehead atoms. The highest BCUT2D eigenvalue weighted by molar-refractivity contribution is 7.80. The molecule has 5 rings (SSSR count). The maximum absolute atomic E-state index is 13.8. The number of hydrogen-bond donors (Lipinski definition) is 2. The van der Waals surface area contributed by atoms with E-state index in [-0.39, 0.29) is 11.9 Å². The lowest BCUT2D eigenvalue weighted by Crippen LogP contribution is -2.72. The summed E-state index contributed by atoms with van der Waals surface area (Å²) in [6, 6.07) is 20.7. The number of thiocarbonyl (C=S) groups is 1. The lowest BCUT2D eigenvalue weighted by Gasteiger charge is -2.56. The van der Waals surface area contributed by atoms with Gasteiger partial charge in [-0.2, -0.15) is 0 Å². The topological polar surface area (TPSA) is 53.6 Å². The number of hydrogen-bond acceptors (Lipinski definition) is 3. The highest BCUT2D eigenvalue weighted by Crippen LogP contribution is 2.50. The summed E-state index contributed by atoms with van der Waals surface area (Å²) in [5.74, 6) is -0.00937. The molecule has 3 atom stereocenters. The van der Waals surface area contributed by atoms with Gasteiger partial charge in [0.2, 0.25) is 5.91 Å². The van der Waals surface area contributed by atoms with Crippen molar-refractivity contribution in [3.8, 4) is 5.75 Å². The predicted molar refractivity (Wildman–Crippen MR) is 136 cm³/mol. The van der Waals surface area contributed by atoms with Crippen molar-refractivity contribution >= 4 is 46.2 Å². The molecule has 0 unspecified atom stereocenters. The average molecular weight is 478 g/mol. The van der Waals surface area contributed by atoms with Gasteiger partial charge in [-0.05, 0) is 75.0 Å². The van der Waals surface area contributed by atoms with Crippen LogP contribution in [0.15, 0.2) is 66.7 Å². The number of anilines is 2. The van der Waals surface area contributed by atoms with Crippen molar-refractivity contribution in [1.29, 1.82) is 0 Å². The molecule has 3 aromatic carbocycles. The van der Waals surface area contributed by atoms with E-state index < -0.39 is 11.6 Å². The summed E-state index contributed by atoms with van der Waals surface area (Å²) in [5.41, 5.74) is 3.65. The first-order valence-corrected chi connectivity index (χ1v) is 11.6. The first kappa shape index (κ1) is 21.7. The minimum absolute atomic E-state index is 0.163. The maximum Gasteiger partial charge on any atom is 0.236 e. The van der Waals surface area contributed by atoms with Crippen molar-refractivity contribution in [2.24, 2.45) is 5.92 Å². The predicted octanol–water partition coefficient (Wildman–Crippen LogP) is 5.76. The number of nitrogens with one attached hydrogen (secondary N) is 2. The van der Waals surface area contributed by atoms with Crippen molar-refractivity contribution in [2.75, 3.05) is 10.2 Å². The van der Waals surface area contributed by atoms with Crippen LogP contribution in [0.2, 0.25) is 5.02 Å². The van der Waals surface area contributed by atoms with Crippen LogP contribution < -0.4 is 20.3 Å². The molecular formula is C26H24ClN3O2S. The summed E-state index contributed by atoms with van der Waals surface area (Å²) < 4.78 is 6.62. The third-order valence-electron chi connectivity index (χ3n) is 6.39. The molecule has 0 spiro atoms. The van der Waals surface area contributed by atoms with Gasteiger partial charge in [-0.25, -0.2) is 0 Å². The molecule has 1 amide bonds. The van der Waals surface area contributed by atoms with Crippen LogP contribution in [0.5, 0.6) is 5.75 Å². The van der Waals surface area contributed by atoms with Gasteiger partial charge >= 0.3 is 0 Å². The Bertz CT molecular complexity index is 1260. The van der Waals surface area contributed by atoms with Gasteiger partial charge in [-0.15, -0.1) is 0 Å². The van der Waals surface area contributed by atoms with E-state index in [1.807, 2.05) is 55.1 Å². The number of aryl methyl sites for hydroxylation is 2. The molecule has 3 aromatic rings. The summed E-state index contributed by atoms with van der Waals surface area (Å²) in [6.07, 6.45) is 0. The monoisotopic (exact) mass is 477 g/mol. The maximum atomic E-state index is 13.8. The number of fused-ring (bicyclic) bond motifs is 4. The van der Waals surface area contributed by atoms with Gasteiger partial charge < -0.3 is 15.4 Å². The molecule has 2 heterocycles.